The highest BCUT2D eigenvalue weighted by Crippen LogP contribution is 2.49. The molecule has 8 rings (SSSR count). The summed E-state index contributed by atoms with van der Waals surface area (Å²) in [6.07, 6.45) is 0. The Morgan fingerprint density at radius 2 is 1.01 bits per heavy atom. The van der Waals surface area contributed by atoms with Crippen molar-refractivity contribution in [3.63, 3.8) is 0 Å². The zero-order valence-electron chi connectivity index (χ0n) is 43.1. The Bertz CT molecular complexity index is 5330. The Balaban J connectivity index is 0.00000274. The maximum atomic E-state index is 13.1. The van der Waals surface area contributed by atoms with E-state index >= 15 is 0 Å². The number of nitrogens with two attached hydrogens (primary N) is 1. The van der Waals surface area contributed by atoms with E-state index < -0.39 is 214 Å². The Hall–Kier alpha value is -9.69. The molecule has 1 heterocycles. The molecule has 0 bridgehead atoms. The second kappa shape index (κ2) is 24.5. The number of aryl methyl sites for hydroxylation is 1. The molecule has 0 aliphatic rings. The molecule has 8 aromatic rings. The van der Waals surface area contributed by atoms with Gasteiger partial charge in [0, 0.05) is 33.9 Å². The van der Waals surface area contributed by atoms with E-state index in [0.717, 1.165) is 59.3 Å². The summed E-state index contributed by atoms with van der Waals surface area (Å²) in [5.74, 6) is -3.17. The Morgan fingerprint density at radius 1 is 0.517 bits per heavy atom. The fourth-order valence-corrected chi connectivity index (χ4v) is 11.8. The van der Waals surface area contributed by atoms with E-state index in [1.165, 1.54) is 6.92 Å². The topological polar surface area (TPSA) is 644 Å². The van der Waals surface area contributed by atoms with Crippen LogP contribution < -0.4 is 5.73 Å². The van der Waals surface area contributed by atoms with Crippen LogP contribution in [-0.2, 0) is 77.9 Å². The third-order valence-electron chi connectivity index (χ3n) is 11.7. The van der Waals surface area contributed by atoms with Gasteiger partial charge in [-0.1, -0.05) is 6.07 Å². The molecule has 39 nitrogen and oxygen atoms in total. The van der Waals surface area contributed by atoms with Gasteiger partial charge in [0.2, 0.25) is 5.88 Å². The van der Waals surface area contributed by atoms with Gasteiger partial charge in [0.05, 0.1) is 44.6 Å². The van der Waals surface area contributed by atoms with Crippen LogP contribution in [0, 0.1) is 17.0 Å². The van der Waals surface area contributed by atoms with Crippen LogP contribution in [-0.4, -0.2) is 126 Å². The van der Waals surface area contributed by atoms with E-state index in [1.807, 2.05) is 0 Å². The van der Waals surface area contributed by atoms with Crippen LogP contribution in [0.25, 0.3) is 27.2 Å². The predicted octanol–water partition coefficient (Wildman–Crippen LogP) is 6.72. The predicted molar refractivity (Wildman–Crippen MR) is 296 cm³/mol. The molecule has 0 aliphatic carbocycles. The van der Waals surface area contributed by atoms with Crippen molar-refractivity contribution in [2.75, 3.05) is 5.73 Å². The number of aliphatic hydroxyl groups is 1. The molecular formula is C43H32N12O27S7. The number of nitrogens with zero attached hydrogens (tertiary/aromatic N) is 11. The average molecular weight is 1370 g/mol. The molecule has 0 fully saturated rings. The highest BCUT2D eigenvalue weighted by molar-refractivity contribution is 7.87. The second-order valence-electron chi connectivity index (χ2n) is 17.3. The Labute approximate surface area is 497 Å². The largest absolute Gasteiger partial charge is 0.505 e. The molecule has 0 atom stereocenters. The minimum Gasteiger partial charge on any atom is -0.505 e. The number of rotatable bonds is 17. The van der Waals surface area contributed by atoms with Gasteiger partial charge >= 0.3 is 10.6 Å². The van der Waals surface area contributed by atoms with Gasteiger partial charge in [-0.25, -0.2) is 0 Å². The summed E-state index contributed by atoms with van der Waals surface area (Å²) in [6.45, 7) is 0.175. The van der Waals surface area contributed by atoms with E-state index in [0.29, 0.717) is 36.4 Å². The first-order valence-corrected chi connectivity index (χ1v) is 32.3. The second-order valence-corrected chi connectivity index (χ2v) is 26.0. The number of azo groups is 4. The molecule has 468 valence electrons. The first-order valence-electron chi connectivity index (χ1n) is 22.7. The number of hydrogen-bond acceptors (Lipinski definition) is 31. The van der Waals surface area contributed by atoms with Crippen molar-refractivity contribution in [3.05, 3.63) is 112 Å². The number of hydrogen-bond donors (Lipinski definition) is 11. The molecule has 0 spiro atoms. The summed E-state index contributed by atoms with van der Waals surface area (Å²) >= 11 is 0. The van der Waals surface area contributed by atoms with Crippen LogP contribution in [0.1, 0.15) is 11.3 Å². The van der Waals surface area contributed by atoms with Crippen LogP contribution >= 0.6 is 0 Å². The van der Waals surface area contributed by atoms with E-state index in [-0.39, 0.29) is 11.4 Å². The fourth-order valence-electron chi connectivity index (χ4n) is 7.86. The first kappa shape index (κ1) is 66.8. The van der Waals surface area contributed by atoms with Crippen LogP contribution in [0.3, 0.4) is 0 Å². The van der Waals surface area contributed by atoms with Crippen LogP contribution in [0.15, 0.2) is 161 Å². The normalized spacial score (nSPS) is 12.9. The SMILES string of the molecule is Cc1nn(-c2ccc(S(=O)(=O)O)cc2)c(O)c1N=Nc1cc(N=Nc2c(S(=O)(=O)O)cc3c(S(=O)(=O)O)c(N=Nc4cc(S(=O)(=O)O)c5ccc(N=Nc6ccc([N+](=O)[O-])cc6S(=O)(=O)O)c(O)c5c4N)ccc3c2O)c(CO)cc1S(=O)(=O)O.O=S(=O)=O. The lowest BCUT2D eigenvalue weighted by molar-refractivity contribution is -0.385. The van der Waals surface area contributed by atoms with E-state index in [4.69, 9.17) is 18.4 Å². The lowest BCUT2D eigenvalue weighted by Crippen LogP contribution is -2.03. The fraction of sp³-hybridized carbons (Fsp3) is 0.0465. The lowest BCUT2D eigenvalue weighted by atomic mass is 10.1. The standard InChI is InChI=1S/C43H32N12O24S6.O3S/c1-18-38(43(59)54(53-18)20-2-5-22(6-3-20)80(62,63)64)51-49-30-15-29(19(17-56)12-33(30)82(68,69)70)48-52-39-35(84(74,75)76)14-25-23(40(39)57)7-11-28(42(25)85(77,78)79)47-50-31-16-32(81(65,66)67)24-8-10-27(41(58)36(24)37(31)44)46-45-26-9-4-21(55(60)61)13-34(26)83(71,72)73;1-4(2)3/h2-16,56-59H,17,44H2,1H3,(H,62,63,64)(H,65,66,67)(H,68,69,70)(H,71,72,73)(H,74,75,76)(H,77,78,79);. The number of phenols is 2. The van der Waals surface area contributed by atoms with Crippen molar-refractivity contribution < 1.29 is 116 Å². The van der Waals surface area contributed by atoms with Crippen molar-refractivity contribution >= 4 is 150 Å². The van der Waals surface area contributed by atoms with Crippen LogP contribution in [0.5, 0.6) is 17.4 Å². The number of nitrogen functional groups attached to an aromatic ring is 1. The summed E-state index contributed by atoms with van der Waals surface area (Å²) in [4.78, 5) is 3.64. The summed E-state index contributed by atoms with van der Waals surface area (Å²) in [7, 11) is -35.0. The molecule has 7 aromatic carbocycles. The van der Waals surface area contributed by atoms with Crippen molar-refractivity contribution in [2.45, 2.75) is 42.9 Å². The number of non-ortho nitro benzene ring substituents is 1. The quantitative estimate of drug-likeness (QED) is 0.0148. The number of aliphatic hydroxyl groups excluding tert-OH is 1. The number of nitro benzene ring substituents is 1. The smallest absolute Gasteiger partial charge is 0.425 e. The minimum atomic E-state index is -5.71. The van der Waals surface area contributed by atoms with Gasteiger partial charge in [-0.05, 0) is 79.7 Å². The van der Waals surface area contributed by atoms with E-state index in [1.54, 1.807) is 0 Å². The minimum absolute atomic E-state index is 0.0185. The molecule has 0 saturated heterocycles. The molecule has 0 amide bonds. The molecule has 46 heteroatoms. The zero-order valence-corrected chi connectivity index (χ0v) is 48.8. The molecule has 89 heavy (non-hydrogen) atoms. The number of nitro groups is 1. The summed E-state index contributed by atoms with van der Waals surface area (Å²) < 4.78 is 236. The van der Waals surface area contributed by atoms with Gasteiger partial charge in [0.1, 0.15) is 58.6 Å². The average Bonchev–Trinajstić information content (AvgIpc) is 1.36. The highest BCUT2D eigenvalue weighted by atomic mass is 32.2. The van der Waals surface area contributed by atoms with E-state index in [9.17, 15) is 108 Å². The number of fused-ring (bicyclic) bond motifs is 2. The number of aromatic nitrogens is 2. The molecule has 0 aliphatic heterocycles. The summed E-state index contributed by atoms with van der Waals surface area (Å²) in [5.41, 5.74) is -2.09. The number of aromatic hydroxyl groups is 3. The molecular weight excluding hydrogens is 1340 g/mol. The maximum absolute atomic E-state index is 13.1. The lowest BCUT2D eigenvalue weighted by Gasteiger charge is -2.13. The van der Waals surface area contributed by atoms with Gasteiger partial charge in [-0.2, -0.15) is 60.3 Å². The van der Waals surface area contributed by atoms with Crippen LogP contribution in [0.2, 0.25) is 0 Å². The molecule has 0 unspecified atom stereocenters. The molecule has 0 saturated carbocycles. The molecule has 1 aromatic heterocycles. The summed E-state index contributed by atoms with van der Waals surface area (Å²) in [6, 6.07) is 11.7. The van der Waals surface area contributed by atoms with Crippen LogP contribution in [0.4, 0.5) is 56.9 Å². The van der Waals surface area contributed by atoms with Crippen molar-refractivity contribution in [1.82, 2.24) is 9.78 Å². The number of benzene rings is 7. The number of phenolic OH excluding ortho intramolecular Hbond substituents is 2. The monoisotopic (exact) mass is 1370 g/mol. The maximum Gasteiger partial charge on any atom is 0.425 e. The number of anilines is 1. The highest BCUT2D eigenvalue weighted by Gasteiger charge is 2.30. The van der Waals surface area contributed by atoms with Gasteiger partial charge in [0.25, 0.3) is 66.4 Å². The van der Waals surface area contributed by atoms with Gasteiger partial charge in [-0.15, -0.1) is 53.5 Å². The van der Waals surface area contributed by atoms with E-state index in [2.05, 4.69) is 46.0 Å². The van der Waals surface area contributed by atoms with Gasteiger partial charge < -0.3 is 26.2 Å². The van der Waals surface area contributed by atoms with Crippen molar-refractivity contribution in [1.29, 1.82) is 0 Å². The van der Waals surface area contributed by atoms with Crippen molar-refractivity contribution in [2.24, 2.45) is 40.9 Å². The van der Waals surface area contributed by atoms with Crippen molar-refractivity contribution in [3.8, 4) is 23.1 Å². The zero-order chi connectivity index (χ0) is 66.4. The summed E-state index contributed by atoms with van der Waals surface area (Å²) in [5, 5.41) is 86.1. The Morgan fingerprint density at radius 3 is 1.56 bits per heavy atom. The third kappa shape index (κ3) is 14.5. The van der Waals surface area contributed by atoms with Gasteiger partial charge in [-0.3, -0.25) is 37.4 Å². The molecule has 0 radical (unpaired) electrons. The third-order valence-corrected chi connectivity index (χ3v) is 17.0. The Kier molecular flexibility index (Phi) is 18.4. The van der Waals surface area contributed by atoms with Gasteiger partial charge in [0.15, 0.2) is 17.2 Å². The molecule has 12 N–H and O–H groups in total. The first-order chi connectivity index (χ1) is 41.0.